The van der Waals surface area contributed by atoms with Crippen LogP contribution in [0.4, 0.5) is 0 Å². The van der Waals surface area contributed by atoms with Crippen LogP contribution in [-0.2, 0) is 4.79 Å². The van der Waals surface area contributed by atoms with Crippen LogP contribution in [0.3, 0.4) is 0 Å². The molecule has 4 unspecified atom stereocenters. The maximum atomic E-state index is 12.5. The number of amides is 1. The molecule has 0 radical (unpaired) electrons. The first kappa shape index (κ1) is 54.0. The second-order valence-corrected chi connectivity index (χ2v) is 17.2. The van der Waals surface area contributed by atoms with Crippen molar-refractivity contribution in [3.63, 3.8) is 0 Å². The Morgan fingerprint density at radius 2 is 0.745 bits per heavy atom. The van der Waals surface area contributed by atoms with Gasteiger partial charge in [0, 0.05) is 0 Å². The molecule has 4 atom stereocenters. The Labute approximate surface area is 342 Å². The van der Waals surface area contributed by atoms with Gasteiger partial charge in [0.05, 0.1) is 18.8 Å². The van der Waals surface area contributed by atoms with Crippen LogP contribution < -0.4 is 5.32 Å². The summed E-state index contributed by atoms with van der Waals surface area (Å²) in [5.41, 5.74) is 0. The van der Waals surface area contributed by atoms with Gasteiger partial charge in [-0.1, -0.05) is 238 Å². The van der Waals surface area contributed by atoms with E-state index in [1.807, 2.05) is 0 Å². The predicted octanol–water partition coefficient (Wildman–Crippen LogP) is 13.4. The van der Waals surface area contributed by atoms with Crippen LogP contribution in [0.1, 0.15) is 264 Å². The van der Waals surface area contributed by atoms with E-state index in [9.17, 15) is 25.2 Å². The summed E-state index contributed by atoms with van der Waals surface area (Å²) in [4.78, 5) is 12.5. The zero-order valence-corrected chi connectivity index (χ0v) is 36.9. The quantitative estimate of drug-likeness (QED) is 0.0312. The van der Waals surface area contributed by atoms with Crippen molar-refractivity contribution in [2.45, 2.75) is 289 Å². The number of carbonyl (C=O) groups excluding carboxylic acids is 1. The highest BCUT2D eigenvalue weighted by molar-refractivity contribution is 5.80. The average molecular weight is 780 g/mol. The molecule has 0 aromatic heterocycles. The standard InChI is InChI=1S/C49H97NO5/c1-3-5-7-9-11-13-15-17-19-20-21-22-23-24-25-26-27-28-29-31-33-35-37-39-41-43-47(53)49(55)50-45(44-51)48(54)46(52)42-40-38-36-34-32-30-18-16-14-12-10-8-6-4-2/h34,36,45-48,51-54H,3-33,35,37-44H2,1-2H3,(H,50,55)/b36-34+. The minimum atomic E-state index is -1.28. The molecule has 0 rings (SSSR count). The molecule has 1 amide bonds. The minimum Gasteiger partial charge on any atom is -0.394 e. The number of nitrogens with one attached hydrogen (secondary N) is 1. The number of rotatable bonds is 45. The topological polar surface area (TPSA) is 110 Å². The molecule has 0 spiro atoms. The second kappa shape index (κ2) is 44.2. The molecule has 0 heterocycles. The first-order chi connectivity index (χ1) is 27.0. The lowest BCUT2D eigenvalue weighted by atomic mass is 10.00. The van der Waals surface area contributed by atoms with Crippen molar-refractivity contribution < 1.29 is 25.2 Å². The van der Waals surface area contributed by atoms with Gasteiger partial charge in [-0.15, -0.1) is 0 Å². The molecule has 0 saturated carbocycles. The fourth-order valence-corrected chi connectivity index (χ4v) is 7.82. The zero-order chi connectivity index (χ0) is 40.3. The van der Waals surface area contributed by atoms with Gasteiger partial charge in [0.2, 0.25) is 5.91 Å². The molecule has 0 aliphatic rings. The van der Waals surface area contributed by atoms with E-state index in [4.69, 9.17) is 0 Å². The fraction of sp³-hybridized carbons (Fsp3) is 0.939. The van der Waals surface area contributed by atoms with Crippen LogP contribution in [0.2, 0.25) is 0 Å². The Morgan fingerprint density at radius 3 is 1.09 bits per heavy atom. The van der Waals surface area contributed by atoms with E-state index < -0.39 is 36.9 Å². The number of aliphatic hydroxyl groups excluding tert-OH is 4. The molecular weight excluding hydrogens is 683 g/mol. The zero-order valence-electron chi connectivity index (χ0n) is 36.9. The van der Waals surface area contributed by atoms with Crippen molar-refractivity contribution in [2.24, 2.45) is 0 Å². The molecule has 0 aromatic rings. The Bertz CT molecular complexity index is 791. The minimum absolute atomic E-state index is 0.368. The fourth-order valence-electron chi connectivity index (χ4n) is 7.82. The lowest BCUT2D eigenvalue weighted by molar-refractivity contribution is -0.132. The Balaban J connectivity index is 3.64. The van der Waals surface area contributed by atoms with Crippen LogP contribution in [0, 0.1) is 0 Å². The summed E-state index contributed by atoms with van der Waals surface area (Å²) in [6.07, 6.45) is 49.8. The SMILES string of the molecule is CCCCCCCCCCC/C=C/CCCC(O)C(O)C(CO)NC(=O)C(O)CCCCCCCCCCCCCCCCCCCCCCCCCCC. The van der Waals surface area contributed by atoms with Gasteiger partial charge in [-0.2, -0.15) is 0 Å². The Kier molecular flexibility index (Phi) is 43.4. The third-order valence-corrected chi connectivity index (χ3v) is 11.7. The third-order valence-electron chi connectivity index (χ3n) is 11.7. The summed E-state index contributed by atoms with van der Waals surface area (Å²) in [5.74, 6) is -0.589. The van der Waals surface area contributed by atoms with Gasteiger partial charge in [0.1, 0.15) is 12.2 Å². The maximum absolute atomic E-state index is 12.5. The van der Waals surface area contributed by atoms with Crippen LogP contribution in [0.5, 0.6) is 0 Å². The normalized spacial score (nSPS) is 14.1. The largest absolute Gasteiger partial charge is 0.394 e. The first-order valence-corrected chi connectivity index (χ1v) is 24.6. The molecule has 0 aliphatic carbocycles. The molecule has 0 aromatic carbocycles. The summed E-state index contributed by atoms with van der Waals surface area (Å²) in [6, 6.07) is -0.997. The van der Waals surface area contributed by atoms with Gasteiger partial charge in [-0.25, -0.2) is 0 Å². The van der Waals surface area contributed by atoms with Crippen molar-refractivity contribution in [2.75, 3.05) is 6.61 Å². The number of hydrogen-bond acceptors (Lipinski definition) is 5. The third kappa shape index (κ3) is 38.3. The van der Waals surface area contributed by atoms with Crippen LogP contribution in [0.25, 0.3) is 0 Å². The first-order valence-electron chi connectivity index (χ1n) is 24.6. The van der Waals surface area contributed by atoms with Gasteiger partial charge in [-0.3, -0.25) is 4.79 Å². The number of aliphatic hydroxyl groups is 4. The molecule has 0 saturated heterocycles. The second-order valence-electron chi connectivity index (χ2n) is 17.2. The van der Waals surface area contributed by atoms with E-state index in [1.165, 1.54) is 199 Å². The van der Waals surface area contributed by atoms with Crippen molar-refractivity contribution in [1.82, 2.24) is 5.32 Å². The monoisotopic (exact) mass is 780 g/mol. The number of carbonyl (C=O) groups is 1. The lowest BCUT2D eigenvalue weighted by Gasteiger charge is -2.27. The maximum Gasteiger partial charge on any atom is 0.249 e. The van der Waals surface area contributed by atoms with E-state index in [1.54, 1.807) is 0 Å². The van der Waals surface area contributed by atoms with Crippen molar-refractivity contribution >= 4 is 5.91 Å². The number of hydrogen-bond donors (Lipinski definition) is 5. The summed E-state index contributed by atoms with van der Waals surface area (Å²) in [6.45, 7) is 4.05. The van der Waals surface area contributed by atoms with Crippen LogP contribution >= 0.6 is 0 Å². The summed E-state index contributed by atoms with van der Waals surface area (Å²) < 4.78 is 0. The number of allylic oxidation sites excluding steroid dienone is 2. The Morgan fingerprint density at radius 1 is 0.436 bits per heavy atom. The van der Waals surface area contributed by atoms with E-state index in [-0.39, 0.29) is 0 Å². The average Bonchev–Trinajstić information content (AvgIpc) is 3.19. The molecule has 0 fully saturated rings. The van der Waals surface area contributed by atoms with Crippen molar-refractivity contribution in [3.8, 4) is 0 Å². The van der Waals surface area contributed by atoms with E-state index in [0.717, 1.165) is 38.5 Å². The van der Waals surface area contributed by atoms with Gasteiger partial charge >= 0.3 is 0 Å². The molecule has 55 heavy (non-hydrogen) atoms. The van der Waals surface area contributed by atoms with E-state index in [2.05, 4.69) is 31.3 Å². The van der Waals surface area contributed by atoms with Gasteiger partial charge in [-0.05, 0) is 38.5 Å². The molecule has 0 aliphatic heterocycles. The predicted molar refractivity (Wildman–Crippen MR) is 238 cm³/mol. The van der Waals surface area contributed by atoms with Gasteiger partial charge in [0.15, 0.2) is 0 Å². The molecular formula is C49H97NO5. The van der Waals surface area contributed by atoms with Crippen molar-refractivity contribution in [3.05, 3.63) is 12.2 Å². The smallest absolute Gasteiger partial charge is 0.249 e. The molecule has 328 valence electrons. The van der Waals surface area contributed by atoms with Gasteiger partial charge in [0.25, 0.3) is 0 Å². The lowest BCUT2D eigenvalue weighted by Crippen LogP contribution is -2.53. The van der Waals surface area contributed by atoms with Gasteiger partial charge < -0.3 is 25.7 Å². The summed E-state index contributed by atoms with van der Waals surface area (Å²) in [5, 5.41) is 43.7. The summed E-state index contributed by atoms with van der Waals surface area (Å²) in [7, 11) is 0. The van der Waals surface area contributed by atoms with Crippen LogP contribution in [-0.4, -0.2) is 57.3 Å². The Hall–Kier alpha value is -0.950. The highest BCUT2D eigenvalue weighted by Gasteiger charge is 2.28. The van der Waals surface area contributed by atoms with E-state index >= 15 is 0 Å². The summed E-state index contributed by atoms with van der Waals surface area (Å²) >= 11 is 0. The van der Waals surface area contributed by atoms with Crippen LogP contribution in [0.15, 0.2) is 12.2 Å². The highest BCUT2D eigenvalue weighted by Crippen LogP contribution is 2.17. The molecule has 6 nitrogen and oxygen atoms in total. The molecule has 0 bridgehead atoms. The van der Waals surface area contributed by atoms with Crippen molar-refractivity contribution in [1.29, 1.82) is 0 Å². The molecule has 5 N–H and O–H groups in total. The molecule has 6 heteroatoms. The van der Waals surface area contributed by atoms with E-state index in [0.29, 0.717) is 12.8 Å². The highest BCUT2D eigenvalue weighted by atomic mass is 16.3. The number of unbranched alkanes of at least 4 members (excludes halogenated alkanes) is 34.